The number of ketones is 1. The fraction of sp³-hybridized carbons (Fsp3) is 0.800. The van der Waals surface area contributed by atoms with E-state index >= 15 is 0 Å². The highest BCUT2D eigenvalue weighted by Crippen LogP contribution is 1.98. The maximum absolute atomic E-state index is 10.6. The summed E-state index contributed by atoms with van der Waals surface area (Å²) in [4.78, 5) is 10.5. The summed E-state index contributed by atoms with van der Waals surface area (Å²) < 4.78 is 21.2. The Kier molecular flexibility index (Phi) is 2.98. The fourth-order valence-corrected chi connectivity index (χ4v) is 1.44. The number of Topliss-reactive ketones (excluding diaryl/α,β-unsaturated/α-hetero) is 1. The van der Waals surface area contributed by atoms with E-state index in [0.717, 1.165) is 13.2 Å². The summed E-state index contributed by atoms with van der Waals surface area (Å²) in [5, 5.41) is 7.19. The molecule has 1 N–H and O–H groups in total. The van der Waals surface area contributed by atoms with Crippen molar-refractivity contribution in [1.82, 2.24) is 0 Å². The van der Waals surface area contributed by atoms with Gasteiger partial charge < -0.3 is 5.11 Å². The van der Waals surface area contributed by atoms with Crippen LogP contribution >= 0.6 is 0 Å². The summed E-state index contributed by atoms with van der Waals surface area (Å²) in [6.07, 6.45) is 0.926. The van der Waals surface area contributed by atoms with Crippen LogP contribution in [0.25, 0.3) is 0 Å². The fourth-order valence-electron chi connectivity index (χ4n) is 0.565. The van der Waals surface area contributed by atoms with Gasteiger partial charge in [-0.15, -0.1) is 0 Å². The highest BCUT2D eigenvalue weighted by Gasteiger charge is 2.23. The van der Waals surface area contributed by atoms with Crippen molar-refractivity contribution in [2.45, 2.75) is 12.2 Å². The lowest BCUT2D eigenvalue weighted by molar-refractivity contribution is -0.117. The standard InChI is InChI=1S/C5H10O4S/c1-4(7)5(3-6)10(2,8)9/h5-6H,3H2,1-2H3/t5-/m0/s1. The van der Waals surface area contributed by atoms with Gasteiger partial charge in [-0.2, -0.15) is 0 Å². The molecule has 0 aliphatic heterocycles. The zero-order valence-electron chi connectivity index (χ0n) is 5.86. The Morgan fingerprint density at radius 2 is 2.00 bits per heavy atom. The van der Waals surface area contributed by atoms with Crippen molar-refractivity contribution in [2.75, 3.05) is 12.9 Å². The molecule has 4 nitrogen and oxygen atoms in total. The van der Waals surface area contributed by atoms with E-state index in [9.17, 15) is 13.2 Å². The van der Waals surface area contributed by atoms with Gasteiger partial charge in [-0.05, 0) is 6.92 Å². The molecule has 0 aromatic heterocycles. The van der Waals surface area contributed by atoms with E-state index in [-0.39, 0.29) is 0 Å². The molecule has 0 aliphatic rings. The average molecular weight is 166 g/mol. The van der Waals surface area contributed by atoms with E-state index in [0.29, 0.717) is 0 Å². The third-order valence-corrected chi connectivity index (χ3v) is 2.65. The maximum atomic E-state index is 10.6. The number of sulfone groups is 1. The van der Waals surface area contributed by atoms with E-state index in [1.165, 1.54) is 0 Å². The molecule has 5 heteroatoms. The summed E-state index contributed by atoms with van der Waals surface area (Å²) in [6.45, 7) is 0.510. The first-order valence-electron chi connectivity index (χ1n) is 2.69. The van der Waals surface area contributed by atoms with Gasteiger partial charge in [-0.1, -0.05) is 0 Å². The first-order valence-corrected chi connectivity index (χ1v) is 4.65. The lowest BCUT2D eigenvalue weighted by Gasteiger charge is -2.05. The normalized spacial score (nSPS) is 14.7. The van der Waals surface area contributed by atoms with Gasteiger partial charge in [0.05, 0.1) is 6.61 Å². The minimum atomic E-state index is -3.41. The van der Waals surface area contributed by atoms with Crippen molar-refractivity contribution >= 4 is 15.6 Å². The molecule has 0 saturated carbocycles. The number of carbonyl (C=O) groups excluding carboxylic acids is 1. The number of rotatable bonds is 3. The number of carbonyl (C=O) groups is 1. The van der Waals surface area contributed by atoms with Crippen LogP contribution in [0.4, 0.5) is 0 Å². The molecule has 0 bridgehead atoms. The van der Waals surface area contributed by atoms with Crippen molar-refractivity contribution in [3.8, 4) is 0 Å². The minimum Gasteiger partial charge on any atom is -0.395 e. The quantitative estimate of drug-likeness (QED) is 0.582. The van der Waals surface area contributed by atoms with Crippen LogP contribution in [0.2, 0.25) is 0 Å². The van der Waals surface area contributed by atoms with Crippen LogP contribution in [0.3, 0.4) is 0 Å². The lowest BCUT2D eigenvalue weighted by Crippen LogP contribution is -2.30. The molecular formula is C5H10O4S. The monoisotopic (exact) mass is 166 g/mol. The van der Waals surface area contributed by atoms with Crippen molar-refractivity contribution in [2.24, 2.45) is 0 Å². The molecule has 1 atom stereocenters. The van der Waals surface area contributed by atoms with Crippen LogP contribution in [0.1, 0.15) is 6.92 Å². The van der Waals surface area contributed by atoms with E-state index in [1.54, 1.807) is 0 Å². The molecule has 0 amide bonds. The topological polar surface area (TPSA) is 71.4 Å². The van der Waals surface area contributed by atoms with Crippen molar-refractivity contribution in [3.63, 3.8) is 0 Å². The molecule has 0 aromatic rings. The van der Waals surface area contributed by atoms with Crippen LogP contribution in [0, 0.1) is 0 Å². The average Bonchev–Trinajstić information content (AvgIpc) is 1.60. The molecule has 0 aromatic carbocycles. The van der Waals surface area contributed by atoms with Crippen LogP contribution in [-0.2, 0) is 14.6 Å². The summed E-state index contributed by atoms with van der Waals surface area (Å²) in [7, 11) is -3.41. The number of aliphatic hydroxyl groups is 1. The van der Waals surface area contributed by atoms with Crippen LogP contribution in [-0.4, -0.2) is 37.4 Å². The van der Waals surface area contributed by atoms with Gasteiger partial charge in [0.25, 0.3) is 0 Å². The smallest absolute Gasteiger partial charge is 0.159 e. The molecule has 0 spiro atoms. The Morgan fingerprint density at radius 1 is 1.60 bits per heavy atom. The van der Waals surface area contributed by atoms with E-state index in [2.05, 4.69) is 0 Å². The minimum absolute atomic E-state index is 0.523. The molecule has 60 valence electrons. The predicted molar refractivity (Wildman–Crippen MR) is 36.4 cm³/mol. The summed E-state index contributed by atoms with van der Waals surface area (Å²) >= 11 is 0. The number of hydrogen-bond acceptors (Lipinski definition) is 4. The maximum Gasteiger partial charge on any atom is 0.159 e. The number of hydrogen-bond donors (Lipinski definition) is 1. The Bertz CT molecular complexity index is 216. The molecule has 0 heterocycles. The Labute approximate surface area is 59.8 Å². The van der Waals surface area contributed by atoms with Gasteiger partial charge in [-0.25, -0.2) is 8.42 Å². The van der Waals surface area contributed by atoms with Gasteiger partial charge in [0.15, 0.2) is 9.84 Å². The zero-order valence-corrected chi connectivity index (χ0v) is 6.68. The molecule has 0 radical (unpaired) electrons. The second-order valence-corrected chi connectivity index (χ2v) is 4.34. The first-order chi connectivity index (χ1) is 4.39. The van der Waals surface area contributed by atoms with Gasteiger partial charge in [-0.3, -0.25) is 4.79 Å². The Balaban J connectivity index is 4.55. The molecule has 10 heavy (non-hydrogen) atoms. The lowest BCUT2D eigenvalue weighted by atomic mass is 10.3. The summed E-state index contributed by atoms with van der Waals surface area (Å²) in [5.74, 6) is -0.523. The van der Waals surface area contributed by atoms with Gasteiger partial charge >= 0.3 is 0 Å². The van der Waals surface area contributed by atoms with Crippen LogP contribution in [0.15, 0.2) is 0 Å². The first kappa shape index (κ1) is 9.58. The second kappa shape index (κ2) is 3.12. The van der Waals surface area contributed by atoms with Gasteiger partial charge in [0.2, 0.25) is 0 Å². The third-order valence-electron chi connectivity index (χ3n) is 1.14. The van der Waals surface area contributed by atoms with Gasteiger partial charge in [0, 0.05) is 6.26 Å². The molecular weight excluding hydrogens is 156 g/mol. The molecule has 0 rings (SSSR count). The van der Waals surface area contributed by atoms with Crippen molar-refractivity contribution in [3.05, 3.63) is 0 Å². The van der Waals surface area contributed by atoms with Crippen LogP contribution < -0.4 is 0 Å². The van der Waals surface area contributed by atoms with Crippen LogP contribution in [0.5, 0.6) is 0 Å². The van der Waals surface area contributed by atoms with E-state index in [1.807, 2.05) is 0 Å². The summed E-state index contributed by atoms with van der Waals surface area (Å²) in [6, 6.07) is 0. The van der Waals surface area contributed by atoms with Crippen molar-refractivity contribution in [1.29, 1.82) is 0 Å². The predicted octanol–water partition coefficient (Wildman–Crippen LogP) is -1.02. The van der Waals surface area contributed by atoms with E-state index < -0.39 is 27.5 Å². The molecule has 0 unspecified atom stereocenters. The van der Waals surface area contributed by atoms with Crippen molar-refractivity contribution < 1.29 is 18.3 Å². The Hall–Kier alpha value is -0.420. The highest BCUT2D eigenvalue weighted by atomic mass is 32.2. The molecule has 0 aliphatic carbocycles. The largest absolute Gasteiger partial charge is 0.395 e. The van der Waals surface area contributed by atoms with Gasteiger partial charge in [0.1, 0.15) is 11.0 Å². The third kappa shape index (κ3) is 2.45. The summed E-state index contributed by atoms with van der Waals surface area (Å²) in [5.41, 5.74) is 0. The molecule has 0 fully saturated rings. The zero-order chi connectivity index (χ0) is 8.36. The highest BCUT2D eigenvalue weighted by molar-refractivity contribution is 7.92. The number of aliphatic hydroxyl groups excluding tert-OH is 1. The second-order valence-electron chi connectivity index (χ2n) is 2.11. The Morgan fingerprint density at radius 3 is 2.00 bits per heavy atom. The SMILES string of the molecule is CC(=O)[C@H](CO)S(C)(=O)=O. The van der Waals surface area contributed by atoms with E-state index in [4.69, 9.17) is 5.11 Å². The molecule has 0 saturated heterocycles.